The molecule has 0 nitrogen and oxygen atoms in total. The minimum absolute atomic E-state index is 0.774. The maximum absolute atomic E-state index is 6.04. The molecule has 0 unspecified atom stereocenters. The second kappa shape index (κ2) is 5.01. The van der Waals surface area contributed by atoms with Gasteiger partial charge in [-0.3, -0.25) is 0 Å². The zero-order valence-electron chi connectivity index (χ0n) is 11.6. The summed E-state index contributed by atoms with van der Waals surface area (Å²) < 4.78 is 0. The quantitative estimate of drug-likeness (QED) is 0.467. The van der Waals surface area contributed by atoms with Crippen molar-refractivity contribution in [3.8, 4) is 0 Å². The van der Waals surface area contributed by atoms with Crippen LogP contribution in [0.25, 0.3) is 33.7 Å². The fraction of sp³-hybridized carbons (Fsp3) is 0.0526. The summed E-state index contributed by atoms with van der Waals surface area (Å²) in [5, 5.41) is 4.84. The zero-order chi connectivity index (χ0) is 14.1. The van der Waals surface area contributed by atoms with Gasteiger partial charge < -0.3 is 0 Å². The van der Waals surface area contributed by atoms with Crippen LogP contribution < -0.4 is 5.46 Å². The Balaban J connectivity index is 2.31. The van der Waals surface area contributed by atoms with Crippen molar-refractivity contribution in [1.82, 2.24) is 0 Å². The van der Waals surface area contributed by atoms with Crippen LogP contribution in [0.5, 0.6) is 0 Å². The molecular weight excluding hydrogens is 239 g/mol. The lowest BCUT2D eigenvalue weighted by Gasteiger charge is -2.07. The summed E-state index contributed by atoms with van der Waals surface area (Å²) in [6, 6.07) is 15.0. The van der Waals surface area contributed by atoms with Gasteiger partial charge in [0.05, 0.1) is 0 Å². The average Bonchev–Trinajstić information content (AvgIpc) is 2.45. The van der Waals surface area contributed by atoms with Crippen molar-refractivity contribution in [3.63, 3.8) is 0 Å². The van der Waals surface area contributed by atoms with Gasteiger partial charge in [-0.25, -0.2) is 0 Å². The third kappa shape index (κ3) is 2.16. The summed E-state index contributed by atoms with van der Waals surface area (Å²) in [7, 11) is 6.04. The molecule has 0 aromatic heterocycles. The Kier molecular flexibility index (Phi) is 3.19. The van der Waals surface area contributed by atoms with Crippen molar-refractivity contribution in [2.75, 3.05) is 0 Å². The second-order valence-corrected chi connectivity index (χ2v) is 4.99. The Labute approximate surface area is 120 Å². The molecular formula is C19H15B. The largest absolute Gasteiger partial charge is 0.114 e. The lowest BCUT2D eigenvalue weighted by atomic mass is 9.87. The van der Waals surface area contributed by atoms with Gasteiger partial charge in [-0.05, 0) is 63.9 Å². The predicted octanol–water partition coefficient (Wildman–Crippen LogP) is 4.46. The highest BCUT2D eigenvalue weighted by Gasteiger charge is 2.02. The summed E-state index contributed by atoms with van der Waals surface area (Å²) >= 11 is 0. The average molecular weight is 254 g/mol. The molecule has 20 heavy (non-hydrogen) atoms. The summed E-state index contributed by atoms with van der Waals surface area (Å²) in [5.74, 6) is 0. The van der Waals surface area contributed by atoms with Crippen LogP contribution in [-0.2, 0) is 0 Å². The Morgan fingerprint density at radius 1 is 0.900 bits per heavy atom. The molecule has 3 aromatic rings. The van der Waals surface area contributed by atoms with Gasteiger partial charge in [0.2, 0.25) is 0 Å². The summed E-state index contributed by atoms with van der Waals surface area (Å²) in [6.07, 6.45) is 5.96. The predicted molar refractivity (Wildman–Crippen MR) is 91.6 cm³/mol. The van der Waals surface area contributed by atoms with E-state index < -0.39 is 0 Å². The van der Waals surface area contributed by atoms with Crippen molar-refractivity contribution in [2.24, 2.45) is 0 Å². The number of hydrogen-bond acceptors (Lipinski definition) is 0. The van der Waals surface area contributed by atoms with Crippen LogP contribution in [0.2, 0.25) is 0 Å². The standard InChI is InChI=1S/C19H15B/c1-3-5-13-6-7-15-10-17-9-14(4-2)19(20)12-18(17)11-16(15)8-13/h3-12H,2H2,1H3/b5-3-. The molecule has 0 aliphatic carbocycles. The number of hydrogen-bond donors (Lipinski definition) is 0. The van der Waals surface area contributed by atoms with Gasteiger partial charge >= 0.3 is 0 Å². The normalized spacial score (nSPS) is 11.4. The topological polar surface area (TPSA) is 0 Å². The van der Waals surface area contributed by atoms with Crippen LogP contribution in [0.3, 0.4) is 0 Å². The molecule has 94 valence electrons. The third-order valence-electron chi connectivity index (χ3n) is 3.60. The van der Waals surface area contributed by atoms with Gasteiger partial charge in [0.25, 0.3) is 0 Å². The van der Waals surface area contributed by atoms with E-state index in [4.69, 9.17) is 7.85 Å². The highest BCUT2D eigenvalue weighted by atomic mass is 14.1. The van der Waals surface area contributed by atoms with E-state index in [-0.39, 0.29) is 0 Å². The zero-order valence-corrected chi connectivity index (χ0v) is 11.6. The first-order valence-corrected chi connectivity index (χ1v) is 6.73. The first kappa shape index (κ1) is 12.7. The third-order valence-corrected chi connectivity index (χ3v) is 3.60. The van der Waals surface area contributed by atoms with Crippen LogP contribution in [0.4, 0.5) is 0 Å². The molecule has 0 atom stereocenters. The molecule has 3 rings (SSSR count). The Morgan fingerprint density at radius 2 is 1.60 bits per heavy atom. The molecule has 0 N–H and O–H groups in total. The van der Waals surface area contributed by atoms with Gasteiger partial charge in [-0.1, -0.05) is 48.5 Å². The molecule has 0 saturated heterocycles. The fourth-order valence-electron chi connectivity index (χ4n) is 2.58. The lowest BCUT2D eigenvalue weighted by Crippen LogP contribution is -2.06. The molecule has 0 aliphatic heterocycles. The molecule has 2 radical (unpaired) electrons. The van der Waals surface area contributed by atoms with Gasteiger partial charge in [0.1, 0.15) is 7.85 Å². The van der Waals surface area contributed by atoms with Crippen LogP contribution in [0.1, 0.15) is 18.1 Å². The number of rotatable bonds is 2. The van der Waals surface area contributed by atoms with Crippen LogP contribution in [0, 0.1) is 0 Å². The molecule has 0 amide bonds. The number of benzene rings is 3. The van der Waals surface area contributed by atoms with Crippen molar-refractivity contribution < 1.29 is 0 Å². The van der Waals surface area contributed by atoms with Crippen molar-refractivity contribution in [3.05, 3.63) is 66.2 Å². The van der Waals surface area contributed by atoms with Crippen LogP contribution >= 0.6 is 0 Å². The van der Waals surface area contributed by atoms with E-state index in [9.17, 15) is 0 Å². The smallest absolute Gasteiger partial charge is 0.0985 e. The van der Waals surface area contributed by atoms with Crippen molar-refractivity contribution in [1.29, 1.82) is 0 Å². The van der Waals surface area contributed by atoms with E-state index in [1.807, 2.05) is 13.0 Å². The van der Waals surface area contributed by atoms with E-state index in [1.165, 1.54) is 27.1 Å². The summed E-state index contributed by atoms with van der Waals surface area (Å²) in [6.45, 7) is 5.84. The molecule has 0 aliphatic rings. The molecule has 3 aromatic carbocycles. The number of allylic oxidation sites excluding steroid dienone is 1. The molecule has 0 saturated carbocycles. The number of fused-ring (bicyclic) bond motifs is 2. The first-order valence-electron chi connectivity index (χ1n) is 6.73. The maximum Gasteiger partial charge on any atom is 0.114 e. The Morgan fingerprint density at radius 3 is 2.35 bits per heavy atom. The highest BCUT2D eigenvalue weighted by Crippen LogP contribution is 2.24. The molecule has 0 bridgehead atoms. The van der Waals surface area contributed by atoms with E-state index in [0.29, 0.717) is 0 Å². The Bertz CT molecular complexity index is 841. The minimum atomic E-state index is 0.774. The van der Waals surface area contributed by atoms with E-state index in [1.54, 1.807) is 6.08 Å². The van der Waals surface area contributed by atoms with Gasteiger partial charge in [-0.15, -0.1) is 0 Å². The molecule has 0 heterocycles. The summed E-state index contributed by atoms with van der Waals surface area (Å²) in [4.78, 5) is 0. The van der Waals surface area contributed by atoms with Crippen molar-refractivity contribution in [2.45, 2.75) is 6.92 Å². The van der Waals surface area contributed by atoms with E-state index in [2.05, 4.69) is 55.1 Å². The van der Waals surface area contributed by atoms with Gasteiger partial charge in [0.15, 0.2) is 0 Å². The Hall–Kier alpha value is -2.28. The first-order chi connectivity index (χ1) is 9.71. The highest BCUT2D eigenvalue weighted by molar-refractivity contribution is 6.35. The SMILES string of the molecule is [B]c1cc2cc3cc(/C=C\C)ccc3cc2cc1C=C. The van der Waals surface area contributed by atoms with Crippen LogP contribution in [0.15, 0.2) is 55.1 Å². The van der Waals surface area contributed by atoms with Crippen molar-refractivity contribution >= 4 is 47.0 Å². The van der Waals surface area contributed by atoms with Crippen LogP contribution in [-0.4, -0.2) is 7.85 Å². The lowest BCUT2D eigenvalue weighted by molar-refractivity contribution is 1.70. The van der Waals surface area contributed by atoms with E-state index in [0.717, 1.165) is 11.0 Å². The van der Waals surface area contributed by atoms with Gasteiger partial charge in [-0.2, -0.15) is 0 Å². The van der Waals surface area contributed by atoms with E-state index >= 15 is 0 Å². The maximum atomic E-state index is 6.04. The monoisotopic (exact) mass is 254 g/mol. The summed E-state index contributed by atoms with van der Waals surface area (Å²) in [5.41, 5.74) is 2.98. The molecule has 0 spiro atoms. The molecule has 1 heteroatoms. The fourth-order valence-corrected chi connectivity index (χ4v) is 2.58. The van der Waals surface area contributed by atoms with Gasteiger partial charge in [0, 0.05) is 0 Å². The molecule has 0 fully saturated rings. The minimum Gasteiger partial charge on any atom is -0.0985 e. The second-order valence-electron chi connectivity index (χ2n) is 4.99.